The number of piperidine rings is 1. The summed E-state index contributed by atoms with van der Waals surface area (Å²) in [6.45, 7) is 3.87. The second-order valence-electron chi connectivity index (χ2n) is 5.34. The maximum absolute atomic E-state index is 4.61. The van der Waals surface area contributed by atoms with Crippen molar-refractivity contribution in [3.05, 3.63) is 36.0 Å². The molecule has 110 valence electrons. The van der Waals surface area contributed by atoms with Gasteiger partial charge in [-0.1, -0.05) is 0 Å². The van der Waals surface area contributed by atoms with E-state index >= 15 is 0 Å². The van der Waals surface area contributed by atoms with E-state index in [0.717, 1.165) is 49.2 Å². The predicted molar refractivity (Wildman–Crippen MR) is 82.5 cm³/mol. The minimum Gasteiger partial charge on any atom is -0.373 e. The van der Waals surface area contributed by atoms with Crippen LogP contribution in [0.4, 0.5) is 11.8 Å². The van der Waals surface area contributed by atoms with Crippen molar-refractivity contribution in [2.24, 2.45) is 0 Å². The zero-order valence-electron chi connectivity index (χ0n) is 12.5. The molecule has 1 atom stereocenters. The van der Waals surface area contributed by atoms with Crippen molar-refractivity contribution < 1.29 is 0 Å². The molecule has 1 saturated heterocycles. The number of anilines is 2. The summed E-state index contributed by atoms with van der Waals surface area (Å²) in [6, 6.07) is 3.80. The molecule has 0 aliphatic carbocycles. The van der Waals surface area contributed by atoms with Crippen LogP contribution in [0.3, 0.4) is 0 Å². The molecule has 21 heavy (non-hydrogen) atoms. The largest absolute Gasteiger partial charge is 0.373 e. The van der Waals surface area contributed by atoms with Gasteiger partial charge in [-0.15, -0.1) is 0 Å². The Morgan fingerprint density at radius 1 is 1.24 bits per heavy atom. The van der Waals surface area contributed by atoms with Gasteiger partial charge in [0.2, 0.25) is 5.95 Å². The molecule has 0 bridgehead atoms. The molecule has 1 aliphatic rings. The van der Waals surface area contributed by atoms with Gasteiger partial charge >= 0.3 is 0 Å². The first-order valence-electron chi connectivity index (χ1n) is 7.31. The Morgan fingerprint density at radius 2 is 2.05 bits per heavy atom. The van der Waals surface area contributed by atoms with Gasteiger partial charge in [-0.3, -0.25) is 0 Å². The van der Waals surface area contributed by atoms with Gasteiger partial charge in [0.1, 0.15) is 11.6 Å². The molecule has 2 aromatic heterocycles. The van der Waals surface area contributed by atoms with Gasteiger partial charge in [0.15, 0.2) is 0 Å². The van der Waals surface area contributed by atoms with E-state index in [2.05, 4.69) is 30.2 Å². The summed E-state index contributed by atoms with van der Waals surface area (Å²) >= 11 is 0. The lowest BCUT2D eigenvalue weighted by Crippen LogP contribution is -2.36. The van der Waals surface area contributed by atoms with Crippen molar-refractivity contribution in [2.75, 3.05) is 30.4 Å². The number of aromatic nitrogens is 4. The van der Waals surface area contributed by atoms with Crippen molar-refractivity contribution in [2.45, 2.75) is 25.7 Å². The molecule has 3 rings (SSSR count). The van der Waals surface area contributed by atoms with E-state index in [4.69, 9.17) is 0 Å². The predicted octanol–water partition coefficient (Wildman–Crippen LogP) is 2.00. The fourth-order valence-corrected chi connectivity index (χ4v) is 2.73. The molecule has 3 heterocycles. The van der Waals surface area contributed by atoms with Gasteiger partial charge in [0.05, 0.1) is 0 Å². The maximum Gasteiger partial charge on any atom is 0.225 e. The third-order valence-electron chi connectivity index (χ3n) is 3.75. The highest BCUT2D eigenvalue weighted by Crippen LogP contribution is 2.27. The Morgan fingerprint density at radius 3 is 2.81 bits per heavy atom. The molecule has 0 radical (unpaired) electrons. The highest BCUT2D eigenvalue weighted by Gasteiger charge is 2.25. The van der Waals surface area contributed by atoms with Gasteiger partial charge in [0, 0.05) is 50.2 Å². The first kappa shape index (κ1) is 13.7. The quantitative estimate of drug-likeness (QED) is 0.930. The molecule has 0 amide bonds. The second-order valence-corrected chi connectivity index (χ2v) is 5.34. The van der Waals surface area contributed by atoms with E-state index < -0.39 is 0 Å². The lowest BCUT2D eigenvalue weighted by Gasteiger charge is -2.32. The van der Waals surface area contributed by atoms with Crippen molar-refractivity contribution in [3.63, 3.8) is 0 Å². The highest BCUT2D eigenvalue weighted by atomic mass is 15.3. The minimum atomic E-state index is 0.328. The second kappa shape index (κ2) is 6.03. The number of nitrogens with one attached hydrogen (secondary N) is 1. The first-order valence-corrected chi connectivity index (χ1v) is 7.31. The lowest BCUT2D eigenvalue weighted by atomic mass is 9.97. The van der Waals surface area contributed by atoms with Gasteiger partial charge in [0.25, 0.3) is 0 Å². The molecule has 0 unspecified atom stereocenters. The van der Waals surface area contributed by atoms with Crippen molar-refractivity contribution >= 4 is 11.8 Å². The van der Waals surface area contributed by atoms with Crippen LogP contribution in [0, 0.1) is 6.92 Å². The van der Waals surface area contributed by atoms with E-state index in [-0.39, 0.29) is 0 Å². The van der Waals surface area contributed by atoms with Crippen molar-refractivity contribution in [3.8, 4) is 0 Å². The minimum absolute atomic E-state index is 0.328. The molecule has 0 aromatic carbocycles. The Kier molecular flexibility index (Phi) is 3.94. The van der Waals surface area contributed by atoms with Crippen LogP contribution < -0.4 is 10.2 Å². The van der Waals surface area contributed by atoms with Crippen molar-refractivity contribution in [1.82, 2.24) is 19.9 Å². The van der Waals surface area contributed by atoms with Crippen LogP contribution in [0.25, 0.3) is 0 Å². The number of hydrogen-bond acceptors (Lipinski definition) is 6. The average Bonchev–Trinajstić information content (AvgIpc) is 2.55. The third kappa shape index (κ3) is 3.09. The molecule has 0 saturated carbocycles. The van der Waals surface area contributed by atoms with Gasteiger partial charge in [-0.2, -0.15) is 0 Å². The Bertz CT molecular complexity index is 600. The van der Waals surface area contributed by atoms with Gasteiger partial charge in [-0.25, -0.2) is 19.9 Å². The van der Waals surface area contributed by atoms with Crippen LogP contribution in [0.5, 0.6) is 0 Å². The van der Waals surface area contributed by atoms with Crippen LogP contribution in [0.2, 0.25) is 0 Å². The highest BCUT2D eigenvalue weighted by molar-refractivity contribution is 5.36. The number of aryl methyl sites for hydroxylation is 1. The molecule has 1 fully saturated rings. The normalized spacial score (nSPS) is 18.6. The van der Waals surface area contributed by atoms with Crippen LogP contribution >= 0.6 is 0 Å². The van der Waals surface area contributed by atoms with E-state index in [9.17, 15) is 0 Å². The van der Waals surface area contributed by atoms with Gasteiger partial charge < -0.3 is 10.2 Å². The summed E-state index contributed by atoms with van der Waals surface area (Å²) in [4.78, 5) is 20.1. The van der Waals surface area contributed by atoms with E-state index in [0.29, 0.717) is 5.92 Å². The fourth-order valence-electron chi connectivity index (χ4n) is 2.73. The standard InChI is InChI=1S/C15H20N6/c1-11-9-13(16-2)20-14(19-11)12-5-3-8-21(10-12)15-17-6-4-7-18-15/h4,6-7,9,12H,3,5,8,10H2,1-2H3,(H,16,19,20)/t12-/m0/s1. The SMILES string of the molecule is CNc1cc(C)nc([C@H]2CCCN(c3ncccn3)C2)n1. The van der Waals surface area contributed by atoms with E-state index in [1.807, 2.05) is 26.1 Å². The van der Waals surface area contributed by atoms with Crippen molar-refractivity contribution in [1.29, 1.82) is 0 Å². The molecule has 2 aromatic rings. The fraction of sp³-hybridized carbons (Fsp3) is 0.467. The van der Waals surface area contributed by atoms with E-state index in [1.54, 1.807) is 12.4 Å². The molecular formula is C15H20N6. The maximum atomic E-state index is 4.61. The summed E-state index contributed by atoms with van der Waals surface area (Å²) in [5.41, 5.74) is 0.998. The van der Waals surface area contributed by atoms with Gasteiger partial charge in [-0.05, 0) is 25.8 Å². The number of nitrogens with zero attached hydrogens (tertiary/aromatic N) is 5. The molecule has 6 nitrogen and oxygen atoms in total. The smallest absolute Gasteiger partial charge is 0.225 e. The topological polar surface area (TPSA) is 66.8 Å². The van der Waals surface area contributed by atoms with Crippen LogP contribution in [-0.2, 0) is 0 Å². The zero-order valence-corrected chi connectivity index (χ0v) is 12.5. The summed E-state index contributed by atoms with van der Waals surface area (Å²) in [6.07, 6.45) is 5.79. The number of hydrogen-bond donors (Lipinski definition) is 1. The molecule has 1 aliphatic heterocycles. The van der Waals surface area contributed by atoms with Crippen LogP contribution in [-0.4, -0.2) is 40.1 Å². The molecular weight excluding hydrogens is 264 g/mol. The van der Waals surface area contributed by atoms with E-state index in [1.165, 1.54) is 0 Å². The first-order chi connectivity index (χ1) is 10.3. The average molecular weight is 284 g/mol. The Balaban J connectivity index is 1.81. The Hall–Kier alpha value is -2.24. The summed E-state index contributed by atoms with van der Waals surface area (Å²) in [7, 11) is 1.89. The van der Waals surface area contributed by atoms with Crippen LogP contribution in [0.15, 0.2) is 24.5 Å². The Labute approximate surface area is 124 Å². The zero-order chi connectivity index (χ0) is 14.7. The molecule has 6 heteroatoms. The lowest BCUT2D eigenvalue weighted by molar-refractivity contribution is 0.485. The molecule has 1 N–H and O–H groups in total. The molecule has 0 spiro atoms. The monoisotopic (exact) mass is 284 g/mol. The summed E-state index contributed by atoms with van der Waals surface area (Å²) in [5.74, 6) is 2.92. The number of rotatable bonds is 3. The third-order valence-corrected chi connectivity index (χ3v) is 3.75. The summed E-state index contributed by atoms with van der Waals surface area (Å²) in [5, 5.41) is 3.10. The van der Waals surface area contributed by atoms with Crippen LogP contribution in [0.1, 0.15) is 30.3 Å². The summed E-state index contributed by atoms with van der Waals surface area (Å²) < 4.78 is 0.